The molecule has 1 aromatic rings. The van der Waals surface area contributed by atoms with Crippen molar-refractivity contribution in [3.8, 4) is 0 Å². The predicted molar refractivity (Wildman–Crippen MR) is 74.1 cm³/mol. The van der Waals surface area contributed by atoms with Gasteiger partial charge in [0.15, 0.2) is 0 Å². The molecule has 0 radical (unpaired) electrons. The summed E-state index contributed by atoms with van der Waals surface area (Å²) in [7, 11) is 3.91. The number of non-ortho nitro benzene ring substituents is 1. The van der Waals surface area contributed by atoms with Crippen LogP contribution < -0.4 is 4.90 Å². The molecule has 106 valence electrons. The van der Waals surface area contributed by atoms with Crippen LogP contribution in [0.3, 0.4) is 0 Å². The number of halogens is 1. The van der Waals surface area contributed by atoms with E-state index in [0.29, 0.717) is 12.2 Å². The third kappa shape index (κ3) is 4.17. The fourth-order valence-corrected chi connectivity index (χ4v) is 2.21. The van der Waals surface area contributed by atoms with Gasteiger partial charge in [0.1, 0.15) is 5.82 Å². The summed E-state index contributed by atoms with van der Waals surface area (Å²) in [4.78, 5) is 14.2. The summed E-state index contributed by atoms with van der Waals surface area (Å²) in [5, 5.41) is 10.8. The molecule has 0 N–H and O–H groups in total. The fourth-order valence-electron chi connectivity index (χ4n) is 2.21. The fraction of sp³-hybridized carbons (Fsp3) is 0.538. The van der Waals surface area contributed by atoms with Crippen molar-refractivity contribution in [1.29, 1.82) is 0 Å². The molecule has 5 nitrogen and oxygen atoms in total. The van der Waals surface area contributed by atoms with Gasteiger partial charge in [0.05, 0.1) is 11.0 Å². The molecule has 1 atom stereocenters. The Morgan fingerprint density at radius 3 is 2.47 bits per heavy atom. The average Bonchev–Trinajstić information content (AvgIpc) is 2.27. The van der Waals surface area contributed by atoms with Gasteiger partial charge < -0.3 is 9.80 Å². The first-order valence-corrected chi connectivity index (χ1v) is 6.21. The van der Waals surface area contributed by atoms with E-state index in [0.717, 1.165) is 12.6 Å². The van der Waals surface area contributed by atoms with E-state index in [-0.39, 0.29) is 11.7 Å². The normalized spacial score (nSPS) is 12.5. The Hall–Kier alpha value is -1.69. The van der Waals surface area contributed by atoms with Crippen LogP contribution in [0.2, 0.25) is 0 Å². The maximum absolute atomic E-state index is 13.5. The van der Waals surface area contributed by atoms with Crippen LogP contribution in [-0.2, 0) is 0 Å². The summed E-state index contributed by atoms with van der Waals surface area (Å²) in [6.07, 6.45) is 0. The smallest absolute Gasteiger partial charge is 0.274 e. The predicted octanol–water partition coefficient (Wildman–Crippen LogP) is 2.51. The van der Waals surface area contributed by atoms with Gasteiger partial charge in [-0.1, -0.05) is 0 Å². The van der Waals surface area contributed by atoms with E-state index in [1.165, 1.54) is 12.1 Å². The molecule has 19 heavy (non-hydrogen) atoms. The zero-order valence-corrected chi connectivity index (χ0v) is 11.8. The molecular weight excluding hydrogens is 249 g/mol. The summed E-state index contributed by atoms with van der Waals surface area (Å²) in [5.41, 5.74) is 0.328. The Bertz CT molecular complexity index is 452. The highest BCUT2D eigenvalue weighted by Gasteiger charge is 2.18. The van der Waals surface area contributed by atoms with Crippen LogP contribution in [-0.4, -0.2) is 43.0 Å². The number of likely N-dealkylation sites (N-methyl/N-ethyl adjacent to an activating group) is 2. The molecule has 0 aliphatic heterocycles. The van der Waals surface area contributed by atoms with Gasteiger partial charge in [0.25, 0.3) is 5.69 Å². The van der Waals surface area contributed by atoms with Crippen molar-refractivity contribution in [2.75, 3.05) is 32.1 Å². The molecule has 1 rings (SSSR count). The summed E-state index contributed by atoms with van der Waals surface area (Å²) in [6.45, 7) is 5.41. The number of nitro groups is 1. The summed E-state index contributed by atoms with van der Waals surface area (Å²) >= 11 is 0. The van der Waals surface area contributed by atoms with Gasteiger partial charge in [-0.2, -0.15) is 0 Å². The zero-order chi connectivity index (χ0) is 14.6. The molecular formula is C13H20FN3O2. The van der Waals surface area contributed by atoms with Crippen molar-refractivity contribution in [1.82, 2.24) is 4.90 Å². The van der Waals surface area contributed by atoms with Crippen LogP contribution in [0, 0.1) is 15.9 Å². The first kappa shape index (κ1) is 15.4. The van der Waals surface area contributed by atoms with E-state index in [1.54, 1.807) is 0 Å². The molecule has 0 amide bonds. The Morgan fingerprint density at radius 1 is 1.37 bits per heavy atom. The summed E-state index contributed by atoms with van der Waals surface area (Å²) in [6, 6.07) is 3.83. The van der Waals surface area contributed by atoms with Crippen LogP contribution in [0.15, 0.2) is 18.2 Å². The highest BCUT2D eigenvalue weighted by Crippen LogP contribution is 2.24. The van der Waals surface area contributed by atoms with Gasteiger partial charge in [-0.05, 0) is 34.0 Å². The van der Waals surface area contributed by atoms with Gasteiger partial charge in [-0.3, -0.25) is 10.1 Å². The lowest BCUT2D eigenvalue weighted by Gasteiger charge is -2.32. The Labute approximate surface area is 112 Å². The second-order valence-corrected chi connectivity index (χ2v) is 4.82. The molecule has 0 saturated heterocycles. The highest BCUT2D eigenvalue weighted by molar-refractivity contribution is 5.54. The number of nitrogens with zero attached hydrogens (tertiary/aromatic N) is 3. The summed E-state index contributed by atoms with van der Waals surface area (Å²) in [5.74, 6) is -0.584. The van der Waals surface area contributed by atoms with Crippen LogP contribution in [0.5, 0.6) is 0 Å². The molecule has 0 fully saturated rings. The van der Waals surface area contributed by atoms with E-state index in [2.05, 4.69) is 0 Å². The maximum atomic E-state index is 13.5. The highest BCUT2D eigenvalue weighted by atomic mass is 19.1. The quantitative estimate of drug-likeness (QED) is 0.588. The number of hydrogen-bond acceptors (Lipinski definition) is 4. The van der Waals surface area contributed by atoms with Gasteiger partial charge in [-0.15, -0.1) is 0 Å². The van der Waals surface area contributed by atoms with E-state index in [1.807, 2.05) is 37.7 Å². The minimum atomic E-state index is -0.584. The number of hydrogen-bond donors (Lipinski definition) is 0. The Morgan fingerprint density at radius 2 is 2.00 bits per heavy atom. The van der Waals surface area contributed by atoms with Crippen molar-refractivity contribution in [3.05, 3.63) is 34.1 Å². The van der Waals surface area contributed by atoms with Crippen molar-refractivity contribution < 1.29 is 9.31 Å². The largest absolute Gasteiger partial charge is 0.368 e. The van der Waals surface area contributed by atoms with Gasteiger partial charge in [0, 0.05) is 30.9 Å². The van der Waals surface area contributed by atoms with Crippen LogP contribution in [0.25, 0.3) is 0 Å². The Balaban J connectivity index is 3.07. The maximum Gasteiger partial charge on any atom is 0.274 e. The lowest BCUT2D eigenvalue weighted by Crippen LogP contribution is -2.40. The van der Waals surface area contributed by atoms with Crippen LogP contribution in [0.1, 0.15) is 13.8 Å². The van der Waals surface area contributed by atoms with Gasteiger partial charge >= 0.3 is 0 Å². The lowest BCUT2D eigenvalue weighted by molar-refractivity contribution is -0.385. The number of benzene rings is 1. The van der Waals surface area contributed by atoms with Crippen LogP contribution in [0.4, 0.5) is 15.8 Å². The van der Waals surface area contributed by atoms with E-state index >= 15 is 0 Å². The number of anilines is 1. The molecule has 0 aliphatic rings. The molecule has 0 heterocycles. The third-order valence-corrected chi connectivity index (χ3v) is 2.91. The molecule has 0 aromatic heterocycles. The molecule has 1 unspecified atom stereocenters. The van der Waals surface area contributed by atoms with Gasteiger partial charge in [0.2, 0.25) is 0 Å². The SMILES string of the molecule is CCN(c1cc(F)cc([N+](=O)[O-])c1)C(C)CN(C)C. The van der Waals surface area contributed by atoms with Crippen molar-refractivity contribution >= 4 is 11.4 Å². The molecule has 0 bridgehead atoms. The second kappa shape index (κ2) is 6.47. The third-order valence-electron chi connectivity index (χ3n) is 2.91. The monoisotopic (exact) mass is 269 g/mol. The lowest BCUT2D eigenvalue weighted by atomic mass is 10.2. The number of rotatable bonds is 6. The van der Waals surface area contributed by atoms with Gasteiger partial charge in [-0.25, -0.2) is 4.39 Å². The molecule has 6 heteroatoms. The van der Waals surface area contributed by atoms with Crippen molar-refractivity contribution in [3.63, 3.8) is 0 Å². The molecule has 0 saturated carbocycles. The standard InChI is InChI=1S/C13H20FN3O2/c1-5-16(10(2)9-15(3)4)12-6-11(14)7-13(8-12)17(18)19/h6-8,10H,5,9H2,1-4H3. The molecule has 0 aliphatic carbocycles. The number of nitro benzene ring substituents is 1. The van der Waals surface area contributed by atoms with Crippen molar-refractivity contribution in [2.45, 2.75) is 19.9 Å². The Kier molecular flexibility index (Phi) is 5.23. The first-order chi connectivity index (χ1) is 8.85. The topological polar surface area (TPSA) is 49.6 Å². The zero-order valence-electron chi connectivity index (χ0n) is 11.8. The van der Waals surface area contributed by atoms with Crippen LogP contribution >= 0.6 is 0 Å². The molecule has 1 aromatic carbocycles. The minimum Gasteiger partial charge on any atom is -0.368 e. The van der Waals surface area contributed by atoms with E-state index in [4.69, 9.17) is 0 Å². The minimum absolute atomic E-state index is 0.140. The molecule has 0 spiro atoms. The van der Waals surface area contributed by atoms with E-state index < -0.39 is 10.7 Å². The average molecular weight is 269 g/mol. The first-order valence-electron chi connectivity index (χ1n) is 6.21. The summed E-state index contributed by atoms with van der Waals surface area (Å²) < 4.78 is 13.5. The van der Waals surface area contributed by atoms with E-state index in [9.17, 15) is 14.5 Å². The second-order valence-electron chi connectivity index (χ2n) is 4.82. The van der Waals surface area contributed by atoms with Crippen molar-refractivity contribution in [2.24, 2.45) is 0 Å².